The number of carbonyl (C=O) groups excluding carboxylic acids is 2. The average Bonchev–Trinajstić information content (AvgIpc) is 2.53. The first-order chi connectivity index (χ1) is 11.4. The molecule has 24 heavy (non-hydrogen) atoms. The maximum absolute atomic E-state index is 12.5. The highest BCUT2D eigenvalue weighted by Gasteiger charge is 2.37. The summed E-state index contributed by atoms with van der Waals surface area (Å²) in [7, 11) is 1.31. The standard InChI is InChI=1S/C18H20ClNO4/c1-5-24-18(22)15-11(3)20-10(2)14(17(21)23-4)16(15)12-7-6-8-13(19)9-12/h6-9,16,20H,5H2,1-4H3/t16-/m1/s1. The molecule has 5 nitrogen and oxygen atoms in total. The van der Waals surface area contributed by atoms with Gasteiger partial charge in [0.2, 0.25) is 0 Å². The lowest BCUT2D eigenvalue weighted by molar-refractivity contribution is -0.139. The predicted molar refractivity (Wildman–Crippen MR) is 91.4 cm³/mol. The average molecular weight is 350 g/mol. The maximum Gasteiger partial charge on any atom is 0.336 e. The molecule has 1 N–H and O–H groups in total. The van der Waals surface area contributed by atoms with Crippen LogP contribution in [0.3, 0.4) is 0 Å². The molecule has 0 unspecified atom stereocenters. The van der Waals surface area contributed by atoms with Crippen LogP contribution >= 0.6 is 11.6 Å². The Labute approximate surface area is 146 Å². The number of methoxy groups -OCH3 is 1. The quantitative estimate of drug-likeness (QED) is 0.845. The van der Waals surface area contributed by atoms with Crippen molar-refractivity contribution in [2.75, 3.05) is 13.7 Å². The van der Waals surface area contributed by atoms with E-state index in [-0.39, 0.29) is 6.61 Å². The van der Waals surface area contributed by atoms with E-state index in [4.69, 9.17) is 21.1 Å². The fraction of sp³-hybridized carbons (Fsp3) is 0.333. The van der Waals surface area contributed by atoms with Crippen molar-refractivity contribution in [2.24, 2.45) is 0 Å². The van der Waals surface area contributed by atoms with Crippen LogP contribution in [-0.4, -0.2) is 25.7 Å². The van der Waals surface area contributed by atoms with E-state index in [1.807, 2.05) is 6.07 Å². The Morgan fingerprint density at radius 3 is 2.33 bits per heavy atom. The van der Waals surface area contributed by atoms with Gasteiger partial charge in [0.25, 0.3) is 0 Å². The molecule has 1 aromatic carbocycles. The van der Waals surface area contributed by atoms with E-state index in [2.05, 4.69) is 5.32 Å². The summed E-state index contributed by atoms with van der Waals surface area (Å²) in [5.74, 6) is -1.57. The Morgan fingerprint density at radius 1 is 1.17 bits per heavy atom. The Hall–Kier alpha value is -2.27. The zero-order valence-electron chi connectivity index (χ0n) is 14.1. The van der Waals surface area contributed by atoms with E-state index in [1.54, 1.807) is 39.0 Å². The smallest absolute Gasteiger partial charge is 0.336 e. The Kier molecular flexibility index (Phi) is 5.67. The van der Waals surface area contributed by atoms with Crippen molar-refractivity contribution in [3.8, 4) is 0 Å². The number of dihydropyridines is 1. The second-order valence-electron chi connectivity index (χ2n) is 5.40. The van der Waals surface area contributed by atoms with Gasteiger partial charge in [-0.1, -0.05) is 23.7 Å². The van der Waals surface area contributed by atoms with Gasteiger partial charge >= 0.3 is 11.9 Å². The molecule has 0 bridgehead atoms. The summed E-state index contributed by atoms with van der Waals surface area (Å²) in [6, 6.07) is 7.08. The molecule has 6 heteroatoms. The molecule has 1 aliphatic rings. The van der Waals surface area contributed by atoms with E-state index in [1.165, 1.54) is 7.11 Å². The minimum atomic E-state index is -0.601. The molecule has 0 aromatic heterocycles. The SMILES string of the molecule is CCOC(=O)C1=C(C)NC(C)=C(C(=O)OC)[C@H]1c1cccc(Cl)c1. The minimum absolute atomic E-state index is 0.244. The van der Waals surface area contributed by atoms with Crippen LogP contribution in [0.2, 0.25) is 5.02 Å². The number of hydrogen-bond acceptors (Lipinski definition) is 5. The van der Waals surface area contributed by atoms with Gasteiger partial charge in [-0.15, -0.1) is 0 Å². The van der Waals surface area contributed by atoms with Gasteiger partial charge < -0.3 is 14.8 Å². The van der Waals surface area contributed by atoms with Gasteiger partial charge in [0, 0.05) is 16.4 Å². The summed E-state index contributed by atoms with van der Waals surface area (Å²) < 4.78 is 10.1. The van der Waals surface area contributed by atoms with E-state index in [0.717, 1.165) is 5.56 Å². The third-order valence-corrected chi connectivity index (χ3v) is 4.08. The number of halogens is 1. The molecule has 0 spiro atoms. The molecule has 0 aliphatic carbocycles. The second-order valence-corrected chi connectivity index (χ2v) is 5.84. The first-order valence-electron chi connectivity index (χ1n) is 7.60. The number of nitrogens with one attached hydrogen (secondary N) is 1. The number of allylic oxidation sites excluding steroid dienone is 2. The fourth-order valence-corrected chi connectivity index (χ4v) is 3.07. The van der Waals surface area contributed by atoms with Gasteiger partial charge in [-0.25, -0.2) is 9.59 Å². The van der Waals surface area contributed by atoms with Crippen molar-refractivity contribution in [2.45, 2.75) is 26.7 Å². The normalized spacial score (nSPS) is 17.5. The van der Waals surface area contributed by atoms with E-state index in [9.17, 15) is 9.59 Å². The lowest BCUT2D eigenvalue weighted by atomic mass is 9.80. The van der Waals surface area contributed by atoms with Crippen LogP contribution in [0.25, 0.3) is 0 Å². The summed E-state index contributed by atoms with van der Waals surface area (Å²) in [5, 5.41) is 3.59. The number of hydrogen-bond donors (Lipinski definition) is 1. The molecule has 0 radical (unpaired) electrons. The number of benzene rings is 1. The number of ether oxygens (including phenoxy) is 2. The number of esters is 2. The zero-order valence-corrected chi connectivity index (χ0v) is 14.9. The van der Waals surface area contributed by atoms with Crippen molar-refractivity contribution in [3.05, 3.63) is 57.4 Å². The second kappa shape index (κ2) is 7.53. The summed E-state index contributed by atoms with van der Waals surface area (Å²) in [6.45, 7) is 5.53. The molecule has 2 rings (SSSR count). The van der Waals surface area contributed by atoms with Gasteiger partial charge in [-0.3, -0.25) is 0 Å². The van der Waals surface area contributed by atoms with Crippen LogP contribution in [-0.2, 0) is 19.1 Å². The molecule has 0 saturated heterocycles. The minimum Gasteiger partial charge on any atom is -0.466 e. The first-order valence-corrected chi connectivity index (χ1v) is 7.97. The van der Waals surface area contributed by atoms with Crippen molar-refractivity contribution in [1.82, 2.24) is 5.32 Å². The van der Waals surface area contributed by atoms with Gasteiger partial charge in [0.05, 0.1) is 30.8 Å². The third kappa shape index (κ3) is 3.46. The van der Waals surface area contributed by atoms with Crippen LogP contribution in [0, 0.1) is 0 Å². The van der Waals surface area contributed by atoms with Crippen LogP contribution in [0.5, 0.6) is 0 Å². The summed E-state index contributed by atoms with van der Waals surface area (Å²) in [4.78, 5) is 24.9. The first kappa shape index (κ1) is 18.1. The lowest BCUT2D eigenvalue weighted by Gasteiger charge is -2.30. The van der Waals surface area contributed by atoms with Gasteiger partial charge in [0.15, 0.2) is 0 Å². The van der Waals surface area contributed by atoms with Crippen LogP contribution in [0.15, 0.2) is 46.8 Å². The van der Waals surface area contributed by atoms with Gasteiger partial charge in [-0.05, 0) is 38.5 Å². The Morgan fingerprint density at radius 2 is 1.79 bits per heavy atom. The largest absolute Gasteiger partial charge is 0.466 e. The molecule has 0 fully saturated rings. The lowest BCUT2D eigenvalue weighted by Crippen LogP contribution is -2.32. The van der Waals surface area contributed by atoms with E-state index >= 15 is 0 Å². The third-order valence-electron chi connectivity index (χ3n) is 3.84. The summed E-state index contributed by atoms with van der Waals surface area (Å²) in [5.41, 5.74) is 2.76. The number of rotatable bonds is 4. The van der Waals surface area contributed by atoms with Crippen molar-refractivity contribution >= 4 is 23.5 Å². The Bertz CT molecular complexity index is 736. The van der Waals surface area contributed by atoms with E-state index < -0.39 is 17.9 Å². The molecule has 1 aliphatic heterocycles. The summed E-state index contributed by atoms with van der Waals surface area (Å²) in [6.07, 6.45) is 0. The van der Waals surface area contributed by atoms with Crippen LogP contribution in [0.1, 0.15) is 32.3 Å². The molecular formula is C18H20ClNO4. The highest BCUT2D eigenvalue weighted by molar-refractivity contribution is 6.30. The topological polar surface area (TPSA) is 64.6 Å². The van der Waals surface area contributed by atoms with Crippen molar-refractivity contribution < 1.29 is 19.1 Å². The molecule has 1 aromatic rings. The van der Waals surface area contributed by atoms with Crippen molar-refractivity contribution in [1.29, 1.82) is 0 Å². The van der Waals surface area contributed by atoms with Crippen LogP contribution < -0.4 is 5.32 Å². The predicted octanol–water partition coefficient (Wildman–Crippen LogP) is 3.31. The van der Waals surface area contributed by atoms with Gasteiger partial charge in [0.1, 0.15) is 0 Å². The molecule has 128 valence electrons. The number of carbonyl (C=O) groups is 2. The summed E-state index contributed by atoms with van der Waals surface area (Å²) >= 11 is 6.11. The molecular weight excluding hydrogens is 330 g/mol. The zero-order chi connectivity index (χ0) is 17.9. The van der Waals surface area contributed by atoms with Crippen molar-refractivity contribution in [3.63, 3.8) is 0 Å². The monoisotopic (exact) mass is 349 g/mol. The van der Waals surface area contributed by atoms with Crippen LogP contribution in [0.4, 0.5) is 0 Å². The molecule has 0 amide bonds. The Balaban J connectivity index is 2.66. The molecule has 1 atom stereocenters. The maximum atomic E-state index is 12.5. The van der Waals surface area contributed by atoms with E-state index in [0.29, 0.717) is 27.6 Å². The molecule has 1 heterocycles. The highest BCUT2D eigenvalue weighted by Crippen LogP contribution is 2.39. The highest BCUT2D eigenvalue weighted by atomic mass is 35.5. The molecule has 0 saturated carbocycles. The fourth-order valence-electron chi connectivity index (χ4n) is 2.87. The van der Waals surface area contributed by atoms with Gasteiger partial charge in [-0.2, -0.15) is 0 Å².